The van der Waals surface area contributed by atoms with E-state index in [1.54, 1.807) is 0 Å². The molecule has 3 rings (SSSR count). The van der Waals surface area contributed by atoms with Crippen LogP contribution < -0.4 is 5.32 Å². The van der Waals surface area contributed by atoms with E-state index in [9.17, 15) is 4.79 Å². The first kappa shape index (κ1) is 17.4. The van der Waals surface area contributed by atoms with Crippen LogP contribution in [0.1, 0.15) is 16.1 Å². The average molecular weight is 365 g/mol. The third kappa shape index (κ3) is 4.80. The van der Waals surface area contributed by atoms with Crippen molar-refractivity contribution in [1.82, 2.24) is 10.2 Å². The highest BCUT2D eigenvalue weighted by Gasteiger charge is 2.12. The van der Waals surface area contributed by atoms with Gasteiger partial charge in [0.1, 0.15) is 0 Å². The van der Waals surface area contributed by atoms with Gasteiger partial charge in [-0.25, -0.2) is 0 Å². The Balaban J connectivity index is 1.46. The SMILES string of the molecule is O=C(NCCCN1CCOCC1)c1ccc(-c2ccc(Cl)cc2)s1. The van der Waals surface area contributed by atoms with Crippen molar-refractivity contribution in [3.63, 3.8) is 0 Å². The number of carbonyl (C=O) groups excluding carboxylic acids is 1. The highest BCUT2D eigenvalue weighted by Crippen LogP contribution is 2.28. The molecule has 2 aromatic rings. The van der Waals surface area contributed by atoms with E-state index >= 15 is 0 Å². The van der Waals surface area contributed by atoms with Gasteiger partial charge >= 0.3 is 0 Å². The molecule has 0 aliphatic carbocycles. The Morgan fingerprint density at radius 2 is 1.92 bits per heavy atom. The van der Waals surface area contributed by atoms with Gasteiger partial charge in [0.25, 0.3) is 5.91 Å². The summed E-state index contributed by atoms with van der Waals surface area (Å²) in [5.41, 5.74) is 1.08. The number of amides is 1. The Morgan fingerprint density at radius 3 is 2.67 bits per heavy atom. The molecule has 1 saturated heterocycles. The summed E-state index contributed by atoms with van der Waals surface area (Å²) in [6, 6.07) is 11.5. The van der Waals surface area contributed by atoms with Crippen LogP contribution in [0.4, 0.5) is 0 Å². The molecule has 24 heavy (non-hydrogen) atoms. The number of thiophene rings is 1. The molecule has 0 atom stereocenters. The van der Waals surface area contributed by atoms with Gasteiger partial charge in [-0.3, -0.25) is 9.69 Å². The first-order valence-corrected chi connectivity index (χ1v) is 9.36. The maximum atomic E-state index is 12.2. The zero-order valence-corrected chi connectivity index (χ0v) is 15.0. The quantitative estimate of drug-likeness (QED) is 0.797. The maximum absolute atomic E-state index is 12.2. The smallest absolute Gasteiger partial charge is 0.261 e. The fourth-order valence-corrected chi connectivity index (χ4v) is 3.70. The summed E-state index contributed by atoms with van der Waals surface area (Å²) in [6.07, 6.45) is 0.959. The Bertz CT molecular complexity index is 666. The van der Waals surface area contributed by atoms with Crippen LogP contribution in [0, 0.1) is 0 Å². The lowest BCUT2D eigenvalue weighted by atomic mass is 10.2. The van der Waals surface area contributed by atoms with Crippen LogP contribution in [0.5, 0.6) is 0 Å². The van der Waals surface area contributed by atoms with Crippen LogP contribution in [-0.2, 0) is 4.74 Å². The molecule has 1 aromatic heterocycles. The lowest BCUT2D eigenvalue weighted by Crippen LogP contribution is -2.38. The minimum Gasteiger partial charge on any atom is -0.379 e. The number of nitrogens with zero attached hydrogens (tertiary/aromatic N) is 1. The summed E-state index contributed by atoms with van der Waals surface area (Å²) in [5, 5.41) is 3.72. The van der Waals surface area contributed by atoms with Gasteiger partial charge < -0.3 is 10.1 Å². The van der Waals surface area contributed by atoms with E-state index in [0.29, 0.717) is 11.6 Å². The summed E-state index contributed by atoms with van der Waals surface area (Å²) < 4.78 is 5.33. The second kappa shape index (κ2) is 8.62. The molecule has 1 aliphatic heterocycles. The molecule has 0 radical (unpaired) electrons. The second-order valence-electron chi connectivity index (χ2n) is 5.73. The molecule has 6 heteroatoms. The highest BCUT2D eigenvalue weighted by molar-refractivity contribution is 7.17. The van der Waals surface area contributed by atoms with Gasteiger partial charge in [-0.05, 0) is 42.8 Å². The van der Waals surface area contributed by atoms with Crippen LogP contribution in [0.2, 0.25) is 5.02 Å². The minimum atomic E-state index is 0.00203. The molecule has 1 fully saturated rings. The lowest BCUT2D eigenvalue weighted by Gasteiger charge is -2.26. The normalized spacial score (nSPS) is 15.4. The molecule has 1 aromatic carbocycles. The number of morpholine rings is 1. The number of hydrogen-bond acceptors (Lipinski definition) is 4. The number of rotatable bonds is 6. The maximum Gasteiger partial charge on any atom is 0.261 e. The van der Waals surface area contributed by atoms with Gasteiger partial charge in [0.15, 0.2) is 0 Å². The minimum absolute atomic E-state index is 0.00203. The predicted octanol–water partition coefficient (Wildman–Crippen LogP) is 3.52. The lowest BCUT2D eigenvalue weighted by molar-refractivity contribution is 0.0374. The third-order valence-electron chi connectivity index (χ3n) is 4.00. The molecule has 0 saturated carbocycles. The summed E-state index contributed by atoms with van der Waals surface area (Å²) in [7, 11) is 0. The van der Waals surface area contributed by atoms with E-state index in [0.717, 1.165) is 54.6 Å². The standard InChI is InChI=1S/C18H21ClN2O2S/c19-15-4-2-14(3-5-15)16-6-7-17(24-16)18(22)20-8-1-9-21-10-12-23-13-11-21/h2-7H,1,8-13H2,(H,20,22). The first-order valence-electron chi connectivity index (χ1n) is 8.16. The number of ether oxygens (including phenoxy) is 1. The van der Waals surface area contributed by atoms with Crippen molar-refractivity contribution in [2.24, 2.45) is 0 Å². The zero-order chi connectivity index (χ0) is 16.8. The van der Waals surface area contributed by atoms with Crippen molar-refractivity contribution in [3.8, 4) is 10.4 Å². The van der Waals surface area contributed by atoms with Gasteiger partial charge in [-0.1, -0.05) is 23.7 Å². The van der Waals surface area contributed by atoms with Crippen LogP contribution in [-0.4, -0.2) is 50.2 Å². The fourth-order valence-electron chi connectivity index (χ4n) is 2.65. The molecule has 1 amide bonds. The van der Waals surface area contributed by atoms with E-state index in [1.165, 1.54) is 11.3 Å². The second-order valence-corrected chi connectivity index (χ2v) is 7.25. The molecule has 0 unspecified atom stereocenters. The zero-order valence-electron chi connectivity index (χ0n) is 13.5. The molecule has 0 bridgehead atoms. The number of benzene rings is 1. The van der Waals surface area contributed by atoms with Crippen molar-refractivity contribution in [1.29, 1.82) is 0 Å². The van der Waals surface area contributed by atoms with E-state index in [2.05, 4.69) is 10.2 Å². The fraction of sp³-hybridized carbons (Fsp3) is 0.389. The summed E-state index contributed by atoms with van der Waals surface area (Å²) in [6.45, 7) is 5.31. The predicted molar refractivity (Wildman–Crippen MR) is 99.0 cm³/mol. The molecule has 4 nitrogen and oxygen atoms in total. The van der Waals surface area contributed by atoms with Crippen LogP contribution in [0.25, 0.3) is 10.4 Å². The number of nitrogens with one attached hydrogen (secondary N) is 1. The van der Waals surface area contributed by atoms with Crippen LogP contribution in [0.3, 0.4) is 0 Å². The van der Waals surface area contributed by atoms with Crippen molar-refractivity contribution in [2.75, 3.05) is 39.4 Å². The molecule has 1 aliphatic rings. The molecule has 1 N–H and O–H groups in total. The van der Waals surface area contributed by atoms with Gasteiger partial charge in [0.05, 0.1) is 18.1 Å². The van der Waals surface area contributed by atoms with Gasteiger partial charge in [-0.15, -0.1) is 11.3 Å². The van der Waals surface area contributed by atoms with Crippen molar-refractivity contribution >= 4 is 28.8 Å². The molecular weight excluding hydrogens is 344 g/mol. The summed E-state index contributed by atoms with van der Waals surface area (Å²) in [5.74, 6) is 0.00203. The van der Waals surface area contributed by atoms with E-state index < -0.39 is 0 Å². The largest absolute Gasteiger partial charge is 0.379 e. The molecular formula is C18H21ClN2O2S. The average Bonchev–Trinajstić information content (AvgIpc) is 3.10. The Hall–Kier alpha value is -1.40. The third-order valence-corrected chi connectivity index (χ3v) is 5.38. The van der Waals surface area contributed by atoms with Crippen LogP contribution in [0.15, 0.2) is 36.4 Å². The molecule has 0 spiro atoms. The summed E-state index contributed by atoms with van der Waals surface area (Å²) in [4.78, 5) is 16.4. The monoisotopic (exact) mass is 364 g/mol. The van der Waals surface area contributed by atoms with Gasteiger partial charge in [-0.2, -0.15) is 0 Å². The van der Waals surface area contributed by atoms with Crippen molar-refractivity contribution in [3.05, 3.63) is 46.3 Å². The van der Waals surface area contributed by atoms with Crippen LogP contribution >= 0.6 is 22.9 Å². The van der Waals surface area contributed by atoms with Gasteiger partial charge in [0.2, 0.25) is 0 Å². The molecule has 128 valence electrons. The number of halogens is 1. The number of hydrogen-bond donors (Lipinski definition) is 1. The van der Waals surface area contributed by atoms with Crippen molar-refractivity contribution in [2.45, 2.75) is 6.42 Å². The van der Waals surface area contributed by atoms with E-state index in [1.807, 2.05) is 36.4 Å². The topological polar surface area (TPSA) is 41.6 Å². The summed E-state index contributed by atoms with van der Waals surface area (Å²) >= 11 is 7.41. The Kier molecular flexibility index (Phi) is 6.26. The molecule has 2 heterocycles. The number of carbonyl (C=O) groups is 1. The van der Waals surface area contributed by atoms with E-state index in [-0.39, 0.29) is 5.91 Å². The van der Waals surface area contributed by atoms with E-state index in [4.69, 9.17) is 16.3 Å². The first-order chi connectivity index (χ1) is 11.7. The van der Waals surface area contributed by atoms with Gasteiger partial charge in [0, 0.05) is 29.5 Å². The Labute approximate surface area is 151 Å². The highest BCUT2D eigenvalue weighted by atomic mass is 35.5. The Morgan fingerprint density at radius 1 is 1.17 bits per heavy atom. The van der Waals surface area contributed by atoms with Crippen molar-refractivity contribution < 1.29 is 9.53 Å².